The van der Waals surface area contributed by atoms with Crippen molar-refractivity contribution in [2.24, 2.45) is 0 Å². The van der Waals surface area contributed by atoms with E-state index < -0.39 is 0 Å². The molecule has 0 unspecified atom stereocenters. The number of furan rings is 1. The number of hydrogen-bond acceptors (Lipinski definition) is 1. The van der Waals surface area contributed by atoms with Gasteiger partial charge in [0.25, 0.3) is 0 Å². The van der Waals surface area contributed by atoms with Gasteiger partial charge in [-0.3, -0.25) is 0 Å². The Morgan fingerprint density at radius 1 is 0.533 bits per heavy atom. The molecule has 0 aliphatic rings. The summed E-state index contributed by atoms with van der Waals surface area (Å²) in [5.74, 6) is 0. The van der Waals surface area contributed by atoms with Crippen LogP contribution in [0.3, 0.4) is 0 Å². The fourth-order valence-electron chi connectivity index (χ4n) is 4.97. The molecule has 0 fully saturated rings. The van der Waals surface area contributed by atoms with Crippen LogP contribution in [-0.2, 0) is 12.8 Å². The highest BCUT2D eigenvalue weighted by atomic mass is 16.3. The van der Waals surface area contributed by atoms with Crippen molar-refractivity contribution >= 4 is 43.5 Å². The maximum absolute atomic E-state index is 6.03. The van der Waals surface area contributed by atoms with Crippen LogP contribution in [-0.4, -0.2) is 0 Å². The third kappa shape index (κ3) is 2.55. The summed E-state index contributed by atoms with van der Waals surface area (Å²) in [6, 6.07) is 32.7. The topological polar surface area (TPSA) is 13.1 Å². The molecule has 0 N–H and O–H groups in total. The molecule has 1 aromatic heterocycles. The molecular weight excluding hydrogens is 364 g/mol. The van der Waals surface area contributed by atoms with Gasteiger partial charge in [-0.05, 0) is 69.3 Å². The SMILES string of the molecule is CCc1c2ccccc2c(Cc2ccc3oc4ccccc4c3c2)c2ccccc12. The normalized spacial score (nSPS) is 11.8. The van der Waals surface area contributed by atoms with Gasteiger partial charge in [0.15, 0.2) is 0 Å². The number of hydrogen-bond donors (Lipinski definition) is 0. The summed E-state index contributed by atoms with van der Waals surface area (Å²) in [6.07, 6.45) is 1.94. The lowest BCUT2D eigenvalue weighted by molar-refractivity contribution is 0.669. The van der Waals surface area contributed by atoms with Crippen molar-refractivity contribution in [2.75, 3.05) is 0 Å². The number of fused-ring (bicyclic) bond motifs is 5. The molecule has 0 atom stereocenters. The number of benzene rings is 5. The quantitative estimate of drug-likeness (QED) is 0.280. The summed E-state index contributed by atoms with van der Waals surface area (Å²) in [4.78, 5) is 0. The monoisotopic (exact) mass is 386 g/mol. The molecule has 1 nitrogen and oxygen atoms in total. The molecule has 0 aliphatic carbocycles. The highest BCUT2D eigenvalue weighted by Crippen LogP contribution is 2.36. The van der Waals surface area contributed by atoms with Crippen molar-refractivity contribution < 1.29 is 4.42 Å². The molecule has 30 heavy (non-hydrogen) atoms. The van der Waals surface area contributed by atoms with Crippen LogP contribution < -0.4 is 0 Å². The Bertz CT molecular complexity index is 1490. The summed E-state index contributed by atoms with van der Waals surface area (Å²) in [7, 11) is 0. The molecule has 1 heteroatoms. The summed E-state index contributed by atoms with van der Waals surface area (Å²) >= 11 is 0. The molecule has 144 valence electrons. The first kappa shape index (κ1) is 17.3. The van der Waals surface area contributed by atoms with Gasteiger partial charge in [0.2, 0.25) is 0 Å². The van der Waals surface area contributed by atoms with Crippen LogP contribution >= 0.6 is 0 Å². The minimum Gasteiger partial charge on any atom is -0.456 e. The van der Waals surface area contributed by atoms with Gasteiger partial charge in [0.05, 0.1) is 0 Å². The van der Waals surface area contributed by atoms with Gasteiger partial charge in [0.1, 0.15) is 11.2 Å². The lowest BCUT2D eigenvalue weighted by Gasteiger charge is -2.16. The highest BCUT2D eigenvalue weighted by Gasteiger charge is 2.14. The number of rotatable bonds is 3. The average Bonchev–Trinajstić information content (AvgIpc) is 3.17. The zero-order valence-electron chi connectivity index (χ0n) is 17.0. The smallest absolute Gasteiger partial charge is 0.135 e. The average molecular weight is 386 g/mol. The van der Waals surface area contributed by atoms with Crippen LogP contribution in [0.25, 0.3) is 43.5 Å². The lowest BCUT2D eigenvalue weighted by Crippen LogP contribution is -1.96. The van der Waals surface area contributed by atoms with Gasteiger partial charge in [-0.2, -0.15) is 0 Å². The van der Waals surface area contributed by atoms with Crippen LogP contribution in [0.4, 0.5) is 0 Å². The summed E-state index contributed by atoms with van der Waals surface area (Å²) in [6.45, 7) is 2.26. The minimum absolute atomic E-state index is 0.903. The Kier molecular flexibility index (Phi) is 3.89. The van der Waals surface area contributed by atoms with Gasteiger partial charge in [-0.1, -0.05) is 79.7 Å². The van der Waals surface area contributed by atoms with E-state index in [0.717, 1.165) is 24.0 Å². The van der Waals surface area contributed by atoms with Crippen LogP contribution in [0.15, 0.2) is 95.4 Å². The van der Waals surface area contributed by atoms with E-state index in [1.807, 2.05) is 12.1 Å². The maximum Gasteiger partial charge on any atom is 0.135 e. The predicted octanol–water partition coefficient (Wildman–Crippen LogP) is 8.05. The molecule has 6 aromatic rings. The van der Waals surface area contributed by atoms with E-state index in [2.05, 4.69) is 85.8 Å². The van der Waals surface area contributed by atoms with Gasteiger partial charge >= 0.3 is 0 Å². The molecule has 0 amide bonds. The molecule has 0 saturated carbocycles. The molecule has 0 spiro atoms. The zero-order chi connectivity index (χ0) is 20.1. The molecule has 0 bridgehead atoms. The fourth-order valence-corrected chi connectivity index (χ4v) is 4.97. The molecule has 6 rings (SSSR count). The maximum atomic E-state index is 6.03. The number of para-hydroxylation sites is 1. The standard InChI is InChI=1S/C29H22O/c1-2-20-21-9-3-5-11-23(21)26(24-12-6-4-10-22(20)24)17-19-15-16-29-27(18-19)25-13-7-8-14-28(25)30-29/h3-16,18H,2,17H2,1H3. The van der Waals surface area contributed by atoms with Crippen molar-refractivity contribution in [3.63, 3.8) is 0 Å². The van der Waals surface area contributed by atoms with E-state index in [4.69, 9.17) is 4.42 Å². The first-order valence-corrected chi connectivity index (χ1v) is 10.6. The van der Waals surface area contributed by atoms with Crippen LogP contribution in [0.5, 0.6) is 0 Å². The Balaban J connectivity index is 1.60. The summed E-state index contributed by atoms with van der Waals surface area (Å²) in [5.41, 5.74) is 6.07. The fraction of sp³-hybridized carbons (Fsp3) is 0.103. The van der Waals surface area contributed by atoms with Crippen molar-refractivity contribution in [1.82, 2.24) is 0 Å². The van der Waals surface area contributed by atoms with E-state index in [1.54, 1.807) is 0 Å². The van der Waals surface area contributed by atoms with Crippen LogP contribution in [0, 0.1) is 0 Å². The Hall–Kier alpha value is -3.58. The second-order valence-corrected chi connectivity index (χ2v) is 8.01. The van der Waals surface area contributed by atoms with Crippen LogP contribution in [0.1, 0.15) is 23.6 Å². The minimum atomic E-state index is 0.903. The Morgan fingerprint density at radius 3 is 1.70 bits per heavy atom. The Morgan fingerprint density at radius 2 is 1.07 bits per heavy atom. The molecule has 0 radical (unpaired) electrons. The highest BCUT2D eigenvalue weighted by molar-refractivity contribution is 6.07. The summed E-state index contributed by atoms with van der Waals surface area (Å²) < 4.78 is 6.03. The second kappa shape index (κ2) is 6.74. The first-order valence-electron chi connectivity index (χ1n) is 10.6. The third-order valence-electron chi connectivity index (χ3n) is 6.33. The van der Waals surface area contributed by atoms with Crippen molar-refractivity contribution in [3.8, 4) is 0 Å². The van der Waals surface area contributed by atoms with E-state index in [1.165, 1.54) is 49.0 Å². The van der Waals surface area contributed by atoms with E-state index in [9.17, 15) is 0 Å². The first-order chi connectivity index (χ1) is 14.8. The predicted molar refractivity (Wildman–Crippen MR) is 127 cm³/mol. The van der Waals surface area contributed by atoms with E-state index >= 15 is 0 Å². The van der Waals surface area contributed by atoms with Crippen molar-refractivity contribution in [1.29, 1.82) is 0 Å². The van der Waals surface area contributed by atoms with E-state index in [0.29, 0.717) is 0 Å². The van der Waals surface area contributed by atoms with Crippen molar-refractivity contribution in [2.45, 2.75) is 19.8 Å². The van der Waals surface area contributed by atoms with Crippen molar-refractivity contribution in [3.05, 3.63) is 108 Å². The molecule has 0 saturated heterocycles. The molecule has 1 heterocycles. The lowest BCUT2D eigenvalue weighted by atomic mass is 9.88. The van der Waals surface area contributed by atoms with Gasteiger partial charge < -0.3 is 4.42 Å². The van der Waals surface area contributed by atoms with E-state index in [-0.39, 0.29) is 0 Å². The molecular formula is C29H22O. The number of aryl methyl sites for hydroxylation is 1. The van der Waals surface area contributed by atoms with Gasteiger partial charge in [-0.15, -0.1) is 0 Å². The van der Waals surface area contributed by atoms with Crippen LogP contribution in [0.2, 0.25) is 0 Å². The van der Waals surface area contributed by atoms with Gasteiger partial charge in [-0.25, -0.2) is 0 Å². The molecule has 5 aromatic carbocycles. The third-order valence-corrected chi connectivity index (χ3v) is 6.33. The van der Waals surface area contributed by atoms with Gasteiger partial charge in [0, 0.05) is 10.8 Å². The zero-order valence-corrected chi connectivity index (χ0v) is 17.0. The largest absolute Gasteiger partial charge is 0.456 e. The Labute approximate surface area is 175 Å². The summed E-state index contributed by atoms with van der Waals surface area (Å²) in [5, 5.41) is 7.87. The molecule has 0 aliphatic heterocycles. The second-order valence-electron chi connectivity index (χ2n) is 8.01.